The zero-order valence-electron chi connectivity index (χ0n) is 16.6. The summed E-state index contributed by atoms with van der Waals surface area (Å²) < 4.78 is 27.8. The lowest BCUT2D eigenvalue weighted by Gasteiger charge is -2.31. The van der Waals surface area contributed by atoms with Crippen molar-refractivity contribution in [3.8, 4) is 0 Å². The lowest BCUT2D eigenvalue weighted by Crippen LogP contribution is -2.37. The molecule has 28 heavy (non-hydrogen) atoms. The Labute approximate surface area is 166 Å². The molecule has 1 aromatic carbocycles. The molecule has 3 heterocycles. The van der Waals surface area contributed by atoms with Gasteiger partial charge in [-0.25, -0.2) is 13.4 Å². The first-order valence-corrected chi connectivity index (χ1v) is 11.2. The van der Waals surface area contributed by atoms with Crippen molar-refractivity contribution in [1.82, 2.24) is 14.3 Å². The molecule has 2 aromatic heterocycles. The molecule has 1 aliphatic heterocycles. The molecule has 6 heteroatoms. The number of piperidine rings is 1. The Kier molecular flexibility index (Phi) is 4.79. The van der Waals surface area contributed by atoms with Crippen LogP contribution in [-0.4, -0.2) is 35.8 Å². The van der Waals surface area contributed by atoms with E-state index >= 15 is 0 Å². The summed E-state index contributed by atoms with van der Waals surface area (Å²) in [5.74, 6) is 0.354. The normalized spacial score (nSPS) is 17.2. The van der Waals surface area contributed by atoms with Crippen molar-refractivity contribution in [2.75, 3.05) is 13.1 Å². The molecule has 0 radical (unpaired) electrons. The van der Waals surface area contributed by atoms with Crippen molar-refractivity contribution < 1.29 is 8.42 Å². The number of rotatable bonds is 3. The van der Waals surface area contributed by atoms with Crippen molar-refractivity contribution in [3.05, 3.63) is 59.9 Å². The zero-order valence-corrected chi connectivity index (χ0v) is 17.5. The van der Waals surface area contributed by atoms with Crippen LogP contribution in [0.3, 0.4) is 0 Å². The molecule has 1 aliphatic rings. The number of aromatic amines is 1. The van der Waals surface area contributed by atoms with Crippen LogP contribution in [0.15, 0.2) is 53.7 Å². The highest BCUT2D eigenvalue weighted by Crippen LogP contribution is 2.34. The average molecular weight is 398 g/mol. The van der Waals surface area contributed by atoms with Crippen LogP contribution in [0.2, 0.25) is 0 Å². The number of nitrogens with zero attached hydrogens (tertiary/aromatic N) is 2. The van der Waals surface area contributed by atoms with Gasteiger partial charge in [0.1, 0.15) is 5.65 Å². The van der Waals surface area contributed by atoms with Gasteiger partial charge in [0.2, 0.25) is 10.0 Å². The Hall–Kier alpha value is -2.18. The molecule has 0 atom stereocenters. The van der Waals surface area contributed by atoms with E-state index in [1.54, 1.807) is 22.6 Å². The van der Waals surface area contributed by atoms with E-state index in [1.807, 2.05) is 24.4 Å². The smallest absolute Gasteiger partial charge is 0.243 e. The van der Waals surface area contributed by atoms with Gasteiger partial charge in [-0.15, -0.1) is 0 Å². The fraction of sp³-hybridized carbons (Fsp3) is 0.409. The Bertz CT molecular complexity index is 1070. The molecule has 148 valence electrons. The summed E-state index contributed by atoms with van der Waals surface area (Å²) in [5, 5.41) is 1.14. The van der Waals surface area contributed by atoms with Crippen molar-refractivity contribution in [1.29, 1.82) is 0 Å². The van der Waals surface area contributed by atoms with Gasteiger partial charge in [-0.2, -0.15) is 4.31 Å². The number of hydrogen-bond donors (Lipinski definition) is 1. The summed E-state index contributed by atoms with van der Waals surface area (Å²) in [4.78, 5) is 7.96. The van der Waals surface area contributed by atoms with Gasteiger partial charge in [-0.05, 0) is 59.6 Å². The van der Waals surface area contributed by atoms with Crippen LogP contribution in [-0.2, 0) is 15.4 Å². The fourth-order valence-electron chi connectivity index (χ4n) is 4.00. The maximum absolute atomic E-state index is 13.1. The van der Waals surface area contributed by atoms with Gasteiger partial charge in [0.25, 0.3) is 0 Å². The minimum atomic E-state index is -3.45. The van der Waals surface area contributed by atoms with Gasteiger partial charge in [0.05, 0.1) is 4.90 Å². The van der Waals surface area contributed by atoms with Gasteiger partial charge < -0.3 is 4.98 Å². The molecule has 0 unspecified atom stereocenters. The summed E-state index contributed by atoms with van der Waals surface area (Å²) in [6.45, 7) is 7.46. The maximum atomic E-state index is 13.1. The molecule has 1 fully saturated rings. The third-order valence-corrected chi connectivity index (χ3v) is 7.65. The van der Waals surface area contributed by atoms with E-state index in [0.29, 0.717) is 23.9 Å². The lowest BCUT2D eigenvalue weighted by molar-refractivity contribution is 0.320. The van der Waals surface area contributed by atoms with Crippen LogP contribution in [0.5, 0.6) is 0 Å². The third kappa shape index (κ3) is 3.47. The summed E-state index contributed by atoms with van der Waals surface area (Å²) in [5.41, 5.74) is 3.29. The monoisotopic (exact) mass is 397 g/mol. The summed E-state index contributed by atoms with van der Waals surface area (Å²) in [6.07, 6.45) is 5.45. The number of H-pyrrole nitrogens is 1. The molecule has 0 spiro atoms. The molecular weight excluding hydrogens is 370 g/mol. The van der Waals surface area contributed by atoms with E-state index in [2.05, 4.69) is 36.8 Å². The van der Waals surface area contributed by atoms with E-state index in [4.69, 9.17) is 0 Å². The van der Waals surface area contributed by atoms with Gasteiger partial charge >= 0.3 is 0 Å². The molecule has 0 amide bonds. The lowest BCUT2D eigenvalue weighted by atomic mass is 9.87. The second-order valence-corrected chi connectivity index (χ2v) is 10.5. The van der Waals surface area contributed by atoms with Crippen LogP contribution >= 0.6 is 0 Å². The number of aromatic nitrogens is 2. The van der Waals surface area contributed by atoms with E-state index in [1.165, 1.54) is 5.56 Å². The Morgan fingerprint density at radius 2 is 1.75 bits per heavy atom. The molecule has 0 aliphatic carbocycles. The Morgan fingerprint density at radius 3 is 2.39 bits per heavy atom. The van der Waals surface area contributed by atoms with Gasteiger partial charge in [-0.3, -0.25) is 0 Å². The molecule has 3 aromatic rings. The minimum Gasteiger partial charge on any atom is -0.346 e. The van der Waals surface area contributed by atoms with Gasteiger partial charge in [0, 0.05) is 30.9 Å². The predicted octanol–water partition coefficient (Wildman–Crippen LogP) is 4.43. The number of nitrogens with one attached hydrogen (secondary N) is 1. The minimum absolute atomic E-state index is 0.00876. The molecule has 0 bridgehead atoms. The number of pyridine rings is 1. The molecular formula is C22H27N3O2S. The largest absolute Gasteiger partial charge is 0.346 e. The van der Waals surface area contributed by atoms with Crippen molar-refractivity contribution >= 4 is 21.1 Å². The van der Waals surface area contributed by atoms with Crippen molar-refractivity contribution in [2.24, 2.45) is 0 Å². The highest BCUT2D eigenvalue weighted by Gasteiger charge is 2.31. The highest BCUT2D eigenvalue weighted by atomic mass is 32.2. The fourth-order valence-corrected chi connectivity index (χ4v) is 5.47. The van der Waals surface area contributed by atoms with Crippen LogP contribution in [0.25, 0.3) is 11.0 Å². The maximum Gasteiger partial charge on any atom is 0.243 e. The standard InChI is InChI=1S/C22H27N3O2S/c1-22(2,3)17-6-8-18(9-7-17)28(26,27)25-13-10-16(11-14-25)20-15-24-21-19(20)5-4-12-23-21/h4-9,12,15-16H,10-11,13-14H2,1-3H3,(H,23,24). The Morgan fingerprint density at radius 1 is 1.07 bits per heavy atom. The van der Waals surface area contributed by atoms with E-state index < -0.39 is 10.0 Å². The first kappa shape index (κ1) is 19.2. The van der Waals surface area contributed by atoms with Crippen LogP contribution < -0.4 is 0 Å². The van der Waals surface area contributed by atoms with Crippen molar-refractivity contribution in [3.63, 3.8) is 0 Å². The van der Waals surface area contributed by atoms with E-state index in [9.17, 15) is 8.42 Å². The summed E-state index contributed by atoms with van der Waals surface area (Å²) >= 11 is 0. The van der Waals surface area contributed by atoms with Crippen LogP contribution in [0.4, 0.5) is 0 Å². The molecule has 0 saturated carbocycles. The summed E-state index contributed by atoms with van der Waals surface area (Å²) in [7, 11) is -3.45. The first-order chi connectivity index (χ1) is 13.3. The Balaban J connectivity index is 1.49. The second-order valence-electron chi connectivity index (χ2n) is 8.60. The number of hydrogen-bond acceptors (Lipinski definition) is 3. The average Bonchev–Trinajstić information content (AvgIpc) is 3.12. The van der Waals surface area contributed by atoms with E-state index in [-0.39, 0.29) is 5.41 Å². The quantitative estimate of drug-likeness (QED) is 0.711. The third-order valence-electron chi connectivity index (χ3n) is 5.73. The number of sulfonamides is 1. The van der Waals surface area contributed by atoms with Crippen LogP contribution in [0, 0.1) is 0 Å². The molecule has 1 N–H and O–H groups in total. The zero-order chi connectivity index (χ0) is 19.9. The SMILES string of the molecule is CC(C)(C)c1ccc(S(=O)(=O)N2CCC(c3c[nH]c4ncccc34)CC2)cc1. The predicted molar refractivity (Wildman–Crippen MR) is 112 cm³/mol. The van der Waals surface area contributed by atoms with Gasteiger partial charge in [-0.1, -0.05) is 32.9 Å². The first-order valence-electron chi connectivity index (χ1n) is 9.79. The van der Waals surface area contributed by atoms with E-state index in [0.717, 1.165) is 29.4 Å². The highest BCUT2D eigenvalue weighted by molar-refractivity contribution is 7.89. The molecule has 5 nitrogen and oxygen atoms in total. The topological polar surface area (TPSA) is 66.1 Å². The number of benzene rings is 1. The van der Waals surface area contributed by atoms with Gasteiger partial charge in [0.15, 0.2) is 0 Å². The second kappa shape index (κ2) is 7.01. The van der Waals surface area contributed by atoms with Crippen LogP contribution in [0.1, 0.15) is 50.7 Å². The summed E-state index contributed by atoms with van der Waals surface area (Å²) in [6, 6.07) is 11.4. The van der Waals surface area contributed by atoms with Crippen molar-refractivity contribution in [2.45, 2.75) is 49.8 Å². The molecule has 1 saturated heterocycles. The molecule has 4 rings (SSSR count). The number of fused-ring (bicyclic) bond motifs is 1.